The lowest BCUT2D eigenvalue weighted by atomic mass is 10.1. The molecule has 0 aliphatic rings. The van der Waals surface area contributed by atoms with Crippen LogP contribution in [0, 0.1) is 6.92 Å². The van der Waals surface area contributed by atoms with Crippen LogP contribution < -0.4 is 14.8 Å². The molecule has 8 nitrogen and oxygen atoms in total. The van der Waals surface area contributed by atoms with E-state index in [1.807, 2.05) is 45.2 Å². The van der Waals surface area contributed by atoms with Crippen molar-refractivity contribution in [3.05, 3.63) is 28.8 Å². The molecule has 1 aromatic carbocycles. The molecule has 0 saturated carbocycles. The number of aryl methyl sites for hydroxylation is 1. The molecular weight excluding hydrogens is 406 g/mol. The molecule has 0 fully saturated rings. The van der Waals surface area contributed by atoms with Crippen LogP contribution in [0.3, 0.4) is 0 Å². The molecule has 0 spiro atoms. The highest BCUT2D eigenvalue weighted by Gasteiger charge is 2.24. The lowest BCUT2D eigenvalue weighted by Crippen LogP contribution is -2.27. The van der Waals surface area contributed by atoms with E-state index in [2.05, 4.69) is 10.4 Å². The van der Waals surface area contributed by atoms with E-state index >= 15 is 0 Å². The van der Waals surface area contributed by atoms with Gasteiger partial charge in [-0.05, 0) is 45.4 Å². The SMILES string of the molecule is COCc1cc(OC)c(-c2csc3c(NC(=O)OC(C)(C)C)c(C)nn23)c(OC)c1. The first-order chi connectivity index (χ1) is 14.2. The van der Waals surface area contributed by atoms with Crippen LogP contribution in [0.25, 0.3) is 16.1 Å². The predicted molar refractivity (Wildman–Crippen MR) is 117 cm³/mol. The van der Waals surface area contributed by atoms with Gasteiger partial charge in [0.25, 0.3) is 0 Å². The van der Waals surface area contributed by atoms with Gasteiger partial charge in [0, 0.05) is 12.5 Å². The lowest BCUT2D eigenvalue weighted by Gasteiger charge is -2.19. The third kappa shape index (κ3) is 4.36. The molecule has 0 saturated heterocycles. The average Bonchev–Trinajstić information content (AvgIpc) is 3.19. The average molecular weight is 434 g/mol. The van der Waals surface area contributed by atoms with Crippen molar-refractivity contribution in [3.8, 4) is 22.8 Å². The second-order valence-electron chi connectivity index (χ2n) is 7.73. The summed E-state index contributed by atoms with van der Waals surface area (Å²) in [6.07, 6.45) is -0.519. The number of nitrogens with zero attached hydrogens (tertiary/aromatic N) is 2. The molecule has 0 atom stereocenters. The quantitative estimate of drug-likeness (QED) is 0.596. The van der Waals surface area contributed by atoms with Gasteiger partial charge in [0.1, 0.15) is 27.6 Å². The Labute approximate surface area is 179 Å². The Morgan fingerprint density at radius 3 is 2.33 bits per heavy atom. The largest absolute Gasteiger partial charge is 0.496 e. The number of methoxy groups -OCH3 is 3. The number of nitrogens with one attached hydrogen (secondary N) is 1. The lowest BCUT2D eigenvalue weighted by molar-refractivity contribution is 0.0636. The van der Waals surface area contributed by atoms with E-state index in [-0.39, 0.29) is 0 Å². The zero-order valence-corrected chi connectivity index (χ0v) is 19.1. The topological polar surface area (TPSA) is 83.3 Å². The standard InChI is InChI=1S/C21H27N3O5S/c1-12-18(22-20(25)29-21(2,3)4)19-24(23-12)14(11-30-19)17-15(27-6)8-13(10-26-5)9-16(17)28-7/h8-9,11H,10H2,1-7H3,(H,22,25). The van der Waals surface area contributed by atoms with E-state index in [0.29, 0.717) is 29.5 Å². The minimum atomic E-state index is -0.588. The molecule has 0 aliphatic heterocycles. The van der Waals surface area contributed by atoms with Crippen molar-refractivity contribution >= 4 is 27.9 Å². The van der Waals surface area contributed by atoms with Crippen LogP contribution in [0.5, 0.6) is 11.5 Å². The van der Waals surface area contributed by atoms with Crippen molar-refractivity contribution < 1.29 is 23.7 Å². The Morgan fingerprint density at radius 2 is 1.80 bits per heavy atom. The summed E-state index contributed by atoms with van der Waals surface area (Å²) in [6.45, 7) is 7.75. The Hall–Kier alpha value is -2.78. The number of amides is 1. The summed E-state index contributed by atoms with van der Waals surface area (Å²) in [5, 5.41) is 9.41. The molecule has 0 aliphatic carbocycles. The summed E-state index contributed by atoms with van der Waals surface area (Å²) in [5.74, 6) is 1.30. The Morgan fingerprint density at radius 1 is 1.17 bits per heavy atom. The monoisotopic (exact) mass is 433 g/mol. The number of fused-ring (bicyclic) bond motifs is 1. The second-order valence-corrected chi connectivity index (χ2v) is 8.59. The molecule has 1 N–H and O–H groups in total. The van der Waals surface area contributed by atoms with E-state index in [1.165, 1.54) is 11.3 Å². The number of benzene rings is 1. The van der Waals surface area contributed by atoms with Gasteiger partial charge in [0.2, 0.25) is 0 Å². The Kier molecular flexibility index (Phi) is 6.23. The van der Waals surface area contributed by atoms with Crippen molar-refractivity contribution in [2.45, 2.75) is 39.9 Å². The summed E-state index contributed by atoms with van der Waals surface area (Å²) >= 11 is 1.46. The molecule has 0 bridgehead atoms. The number of carbonyl (C=O) groups excluding carboxylic acids is 1. The van der Waals surface area contributed by atoms with Crippen LogP contribution in [-0.2, 0) is 16.1 Å². The molecule has 0 unspecified atom stereocenters. The van der Waals surface area contributed by atoms with Gasteiger partial charge in [0.05, 0.1) is 37.8 Å². The fourth-order valence-corrected chi connectivity index (χ4v) is 4.12. The number of aromatic nitrogens is 2. The van der Waals surface area contributed by atoms with E-state index in [0.717, 1.165) is 21.7 Å². The summed E-state index contributed by atoms with van der Waals surface area (Å²) in [7, 11) is 4.87. The van der Waals surface area contributed by atoms with Crippen molar-refractivity contribution in [2.75, 3.05) is 26.6 Å². The summed E-state index contributed by atoms with van der Waals surface area (Å²) in [6, 6.07) is 3.84. The van der Waals surface area contributed by atoms with Gasteiger partial charge in [-0.3, -0.25) is 5.32 Å². The first kappa shape index (κ1) is 21.9. The molecule has 9 heteroatoms. The Balaban J connectivity index is 2.08. The van der Waals surface area contributed by atoms with Gasteiger partial charge >= 0.3 is 6.09 Å². The molecular formula is C21H27N3O5S. The highest BCUT2D eigenvalue weighted by Crippen LogP contribution is 2.42. The first-order valence-corrected chi connectivity index (χ1v) is 10.3. The van der Waals surface area contributed by atoms with Crippen LogP contribution in [0.1, 0.15) is 32.0 Å². The molecule has 1 amide bonds. The maximum absolute atomic E-state index is 12.3. The fraction of sp³-hybridized carbons (Fsp3) is 0.429. The molecule has 30 heavy (non-hydrogen) atoms. The molecule has 162 valence electrons. The third-order valence-electron chi connectivity index (χ3n) is 4.29. The predicted octanol–water partition coefficient (Wildman–Crippen LogP) is 4.88. The molecule has 2 heterocycles. The minimum absolute atomic E-state index is 0.441. The Bertz CT molecular complexity index is 1040. The minimum Gasteiger partial charge on any atom is -0.496 e. The van der Waals surface area contributed by atoms with Crippen LogP contribution in [0.15, 0.2) is 17.5 Å². The molecule has 3 rings (SSSR count). The van der Waals surface area contributed by atoms with Crippen molar-refractivity contribution in [2.24, 2.45) is 0 Å². The van der Waals surface area contributed by atoms with Gasteiger partial charge in [-0.25, -0.2) is 9.31 Å². The highest BCUT2D eigenvalue weighted by atomic mass is 32.1. The number of anilines is 1. The van der Waals surface area contributed by atoms with Crippen molar-refractivity contribution in [3.63, 3.8) is 0 Å². The number of thiazole rings is 1. The maximum atomic E-state index is 12.3. The zero-order valence-electron chi connectivity index (χ0n) is 18.3. The van der Waals surface area contributed by atoms with Crippen LogP contribution in [0.2, 0.25) is 0 Å². The van der Waals surface area contributed by atoms with Gasteiger partial charge in [-0.15, -0.1) is 11.3 Å². The number of hydrogen-bond acceptors (Lipinski definition) is 7. The zero-order chi connectivity index (χ0) is 22.1. The van der Waals surface area contributed by atoms with E-state index < -0.39 is 11.7 Å². The third-order valence-corrected chi connectivity index (χ3v) is 5.23. The molecule has 0 radical (unpaired) electrons. The number of hydrogen-bond donors (Lipinski definition) is 1. The highest BCUT2D eigenvalue weighted by molar-refractivity contribution is 7.16. The number of ether oxygens (including phenoxy) is 4. The van der Waals surface area contributed by atoms with Crippen LogP contribution >= 0.6 is 11.3 Å². The number of carbonyl (C=O) groups is 1. The molecule has 3 aromatic rings. The van der Waals surface area contributed by atoms with Crippen molar-refractivity contribution in [1.29, 1.82) is 0 Å². The van der Waals surface area contributed by atoms with Crippen LogP contribution in [0.4, 0.5) is 10.5 Å². The van der Waals surface area contributed by atoms with Gasteiger partial charge in [-0.2, -0.15) is 5.10 Å². The summed E-state index contributed by atoms with van der Waals surface area (Å²) in [5.41, 5.74) is 3.23. The van der Waals surface area contributed by atoms with Gasteiger partial charge in [0.15, 0.2) is 0 Å². The van der Waals surface area contributed by atoms with Gasteiger partial charge in [-0.1, -0.05) is 0 Å². The summed E-state index contributed by atoms with van der Waals surface area (Å²) < 4.78 is 23.7. The van der Waals surface area contributed by atoms with Crippen molar-refractivity contribution in [1.82, 2.24) is 9.61 Å². The summed E-state index contributed by atoms with van der Waals surface area (Å²) in [4.78, 5) is 13.1. The van der Waals surface area contributed by atoms with Gasteiger partial charge < -0.3 is 18.9 Å². The van der Waals surface area contributed by atoms with E-state index in [1.54, 1.807) is 25.8 Å². The molecule has 2 aromatic heterocycles. The second kappa shape index (κ2) is 8.53. The fourth-order valence-electron chi connectivity index (χ4n) is 3.12. The van der Waals surface area contributed by atoms with E-state index in [9.17, 15) is 4.79 Å². The van der Waals surface area contributed by atoms with E-state index in [4.69, 9.17) is 18.9 Å². The maximum Gasteiger partial charge on any atom is 0.412 e. The smallest absolute Gasteiger partial charge is 0.412 e. The normalized spacial score (nSPS) is 11.6. The van der Waals surface area contributed by atoms with Crippen LogP contribution in [-0.4, -0.2) is 42.6 Å². The number of rotatable bonds is 6. The first-order valence-electron chi connectivity index (χ1n) is 9.39.